The smallest absolute Gasteiger partial charge is 0.0421 e. The minimum Gasteiger partial charge on any atom is -0.362 e. The lowest BCUT2D eigenvalue weighted by Gasteiger charge is -2.07. The molecule has 1 aliphatic rings. The molecule has 17 heavy (non-hydrogen) atoms. The van der Waals surface area contributed by atoms with Crippen molar-refractivity contribution in [2.24, 2.45) is 0 Å². The van der Waals surface area contributed by atoms with Crippen molar-refractivity contribution >= 4 is 5.69 Å². The van der Waals surface area contributed by atoms with Crippen LogP contribution in [0.15, 0.2) is 54.7 Å². The third-order valence-corrected chi connectivity index (χ3v) is 3.26. The van der Waals surface area contributed by atoms with Crippen molar-refractivity contribution in [3.05, 3.63) is 65.9 Å². The maximum Gasteiger partial charge on any atom is 0.0421 e. The van der Waals surface area contributed by atoms with Crippen LogP contribution in [0.3, 0.4) is 0 Å². The molecule has 0 spiro atoms. The van der Waals surface area contributed by atoms with Crippen molar-refractivity contribution in [3.63, 3.8) is 0 Å². The number of fused-ring (bicyclic) bond motifs is 3. The van der Waals surface area contributed by atoms with E-state index in [-0.39, 0.29) is 0 Å². The van der Waals surface area contributed by atoms with Crippen LogP contribution in [-0.4, -0.2) is 0 Å². The largest absolute Gasteiger partial charge is 0.362 e. The van der Waals surface area contributed by atoms with E-state index in [0.717, 1.165) is 6.42 Å². The van der Waals surface area contributed by atoms with Gasteiger partial charge in [0.15, 0.2) is 0 Å². The molecule has 0 atom stereocenters. The molecule has 3 rings (SSSR count). The Balaban J connectivity index is 2.10. The van der Waals surface area contributed by atoms with Gasteiger partial charge in [0.25, 0.3) is 0 Å². The van der Waals surface area contributed by atoms with E-state index in [0.29, 0.717) is 0 Å². The van der Waals surface area contributed by atoms with Crippen LogP contribution in [0, 0.1) is 0 Å². The molecule has 0 saturated heterocycles. The number of anilines is 1. The van der Waals surface area contributed by atoms with Gasteiger partial charge in [0, 0.05) is 12.1 Å². The summed E-state index contributed by atoms with van der Waals surface area (Å²) in [6.45, 7) is 2.02. The maximum atomic E-state index is 3.35. The summed E-state index contributed by atoms with van der Waals surface area (Å²) in [6.07, 6.45) is 5.03. The first-order valence-corrected chi connectivity index (χ1v) is 5.98. The van der Waals surface area contributed by atoms with E-state index in [1.165, 1.54) is 27.9 Å². The molecule has 0 radical (unpaired) electrons. The summed E-state index contributed by atoms with van der Waals surface area (Å²) in [5, 5.41) is 3.35. The van der Waals surface area contributed by atoms with E-state index in [2.05, 4.69) is 47.8 Å². The van der Waals surface area contributed by atoms with Gasteiger partial charge in [-0.25, -0.2) is 0 Å². The first-order chi connectivity index (χ1) is 8.40. The highest BCUT2D eigenvalue weighted by Gasteiger charge is 2.19. The molecular formula is C16H15N. The van der Waals surface area contributed by atoms with Gasteiger partial charge in [-0.1, -0.05) is 42.5 Å². The van der Waals surface area contributed by atoms with Crippen molar-refractivity contribution in [1.82, 2.24) is 0 Å². The molecule has 0 unspecified atom stereocenters. The van der Waals surface area contributed by atoms with Gasteiger partial charge in [-0.3, -0.25) is 0 Å². The predicted octanol–water partition coefficient (Wildman–Crippen LogP) is 4.20. The zero-order valence-corrected chi connectivity index (χ0v) is 9.90. The standard InChI is InChI=1S/C16H15N/c1-2-10-17-16-9-5-8-14-13-7-4-3-6-12(13)11-15(14)16/h2-10,17H,11H2,1H3. The molecule has 0 heterocycles. The average molecular weight is 221 g/mol. The zero-order chi connectivity index (χ0) is 11.7. The topological polar surface area (TPSA) is 12.0 Å². The molecule has 1 N–H and O–H groups in total. The van der Waals surface area contributed by atoms with Gasteiger partial charge in [-0.05, 0) is 41.4 Å². The Labute approximate surface area is 102 Å². The van der Waals surface area contributed by atoms with Gasteiger partial charge >= 0.3 is 0 Å². The molecular weight excluding hydrogens is 206 g/mol. The van der Waals surface area contributed by atoms with E-state index in [1.807, 2.05) is 19.2 Å². The lowest BCUT2D eigenvalue weighted by atomic mass is 10.1. The van der Waals surface area contributed by atoms with Crippen molar-refractivity contribution in [3.8, 4) is 11.1 Å². The summed E-state index contributed by atoms with van der Waals surface area (Å²) in [6, 6.07) is 15.1. The highest BCUT2D eigenvalue weighted by atomic mass is 14.8. The Morgan fingerprint density at radius 3 is 2.71 bits per heavy atom. The minimum absolute atomic E-state index is 1.03. The van der Waals surface area contributed by atoms with Gasteiger partial charge in [0.1, 0.15) is 0 Å². The molecule has 0 aromatic heterocycles. The van der Waals surface area contributed by atoms with Crippen LogP contribution in [0.4, 0.5) is 5.69 Å². The third kappa shape index (κ3) is 1.64. The highest BCUT2D eigenvalue weighted by molar-refractivity contribution is 5.82. The van der Waals surface area contributed by atoms with Crippen LogP contribution in [-0.2, 0) is 6.42 Å². The van der Waals surface area contributed by atoms with Crippen molar-refractivity contribution in [1.29, 1.82) is 0 Å². The lowest BCUT2D eigenvalue weighted by molar-refractivity contribution is 1.26. The number of rotatable bonds is 2. The van der Waals surface area contributed by atoms with E-state index in [9.17, 15) is 0 Å². The molecule has 0 aliphatic heterocycles. The van der Waals surface area contributed by atoms with Crippen molar-refractivity contribution < 1.29 is 0 Å². The van der Waals surface area contributed by atoms with Gasteiger partial charge in [0.05, 0.1) is 0 Å². The first-order valence-electron chi connectivity index (χ1n) is 5.98. The summed E-state index contributed by atoms with van der Waals surface area (Å²) in [7, 11) is 0. The zero-order valence-electron chi connectivity index (χ0n) is 9.90. The quantitative estimate of drug-likeness (QED) is 0.683. The molecule has 1 nitrogen and oxygen atoms in total. The Morgan fingerprint density at radius 1 is 1.00 bits per heavy atom. The van der Waals surface area contributed by atoms with Crippen molar-refractivity contribution in [2.45, 2.75) is 13.3 Å². The number of hydrogen-bond acceptors (Lipinski definition) is 1. The van der Waals surface area contributed by atoms with Gasteiger partial charge in [-0.15, -0.1) is 0 Å². The SMILES string of the molecule is CC=CNc1cccc2c1Cc1ccccc1-2. The lowest BCUT2D eigenvalue weighted by Crippen LogP contribution is -1.92. The molecule has 1 aliphatic carbocycles. The summed E-state index contributed by atoms with van der Waals surface area (Å²) in [5.74, 6) is 0. The molecule has 2 aromatic carbocycles. The fourth-order valence-corrected chi connectivity index (χ4v) is 2.47. The second-order valence-corrected chi connectivity index (χ2v) is 4.31. The van der Waals surface area contributed by atoms with E-state index in [1.54, 1.807) is 0 Å². The third-order valence-electron chi connectivity index (χ3n) is 3.26. The summed E-state index contributed by atoms with van der Waals surface area (Å²) < 4.78 is 0. The first kappa shape index (κ1) is 10.2. The van der Waals surface area contributed by atoms with Crippen LogP contribution in [0.2, 0.25) is 0 Å². The highest BCUT2D eigenvalue weighted by Crippen LogP contribution is 2.39. The molecule has 0 fully saturated rings. The molecule has 0 amide bonds. The van der Waals surface area contributed by atoms with E-state index < -0.39 is 0 Å². The van der Waals surface area contributed by atoms with Gasteiger partial charge in [-0.2, -0.15) is 0 Å². The van der Waals surface area contributed by atoms with E-state index >= 15 is 0 Å². The predicted molar refractivity (Wildman–Crippen MR) is 73.1 cm³/mol. The van der Waals surface area contributed by atoms with Gasteiger partial charge < -0.3 is 5.32 Å². The van der Waals surface area contributed by atoms with Crippen LogP contribution >= 0.6 is 0 Å². The number of allylic oxidation sites excluding steroid dienone is 1. The molecule has 1 heteroatoms. The average Bonchev–Trinajstić information content (AvgIpc) is 2.75. The Kier molecular flexibility index (Phi) is 2.45. The van der Waals surface area contributed by atoms with Crippen LogP contribution < -0.4 is 5.32 Å². The monoisotopic (exact) mass is 221 g/mol. The van der Waals surface area contributed by atoms with Crippen molar-refractivity contribution in [2.75, 3.05) is 5.32 Å². The molecule has 0 saturated carbocycles. The Morgan fingerprint density at radius 2 is 1.82 bits per heavy atom. The molecule has 2 aromatic rings. The number of hydrogen-bond donors (Lipinski definition) is 1. The minimum atomic E-state index is 1.03. The summed E-state index contributed by atoms with van der Waals surface area (Å²) in [5.41, 5.74) is 6.81. The fourth-order valence-electron chi connectivity index (χ4n) is 2.47. The Bertz CT molecular complexity index is 582. The van der Waals surface area contributed by atoms with Crippen LogP contribution in [0.25, 0.3) is 11.1 Å². The van der Waals surface area contributed by atoms with Gasteiger partial charge in [0.2, 0.25) is 0 Å². The Hall–Kier alpha value is -2.02. The summed E-state index contributed by atoms with van der Waals surface area (Å²) in [4.78, 5) is 0. The summed E-state index contributed by atoms with van der Waals surface area (Å²) >= 11 is 0. The maximum absolute atomic E-state index is 3.35. The second-order valence-electron chi connectivity index (χ2n) is 4.31. The van der Waals surface area contributed by atoms with Crippen LogP contribution in [0.5, 0.6) is 0 Å². The van der Waals surface area contributed by atoms with E-state index in [4.69, 9.17) is 0 Å². The van der Waals surface area contributed by atoms with Crippen LogP contribution in [0.1, 0.15) is 18.1 Å². The second kappa shape index (κ2) is 4.10. The number of benzene rings is 2. The normalized spacial score (nSPS) is 12.5. The fraction of sp³-hybridized carbons (Fsp3) is 0.125. The molecule has 84 valence electrons. The number of nitrogens with one attached hydrogen (secondary N) is 1. The molecule has 0 bridgehead atoms.